The summed E-state index contributed by atoms with van der Waals surface area (Å²) in [6.07, 6.45) is 3.54. The zero-order chi connectivity index (χ0) is 12.9. The van der Waals surface area contributed by atoms with Crippen molar-refractivity contribution in [1.29, 1.82) is 0 Å². The fourth-order valence-corrected chi connectivity index (χ4v) is 3.35. The van der Waals surface area contributed by atoms with Gasteiger partial charge in [-0.05, 0) is 53.2 Å². The first-order valence-electron chi connectivity index (χ1n) is 6.46. The molecule has 1 unspecified atom stereocenters. The summed E-state index contributed by atoms with van der Waals surface area (Å²) in [6.45, 7) is 10.3. The molecule has 0 amide bonds. The lowest BCUT2D eigenvalue weighted by atomic mass is 9.80. The molecule has 1 N–H and O–H groups in total. The van der Waals surface area contributed by atoms with E-state index < -0.39 is 0 Å². The molecule has 0 bridgehead atoms. The molecule has 0 spiro atoms. The molecule has 0 aliphatic heterocycles. The molecule has 98 valence electrons. The second-order valence-corrected chi connectivity index (χ2v) is 7.20. The van der Waals surface area contributed by atoms with Gasteiger partial charge in [-0.15, -0.1) is 11.3 Å². The Morgan fingerprint density at radius 3 is 2.59 bits per heavy atom. The van der Waals surface area contributed by atoms with Crippen LogP contribution in [-0.2, 0) is 6.42 Å². The summed E-state index contributed by atoms with van der Waals surface area (Å²) >= 11 is 5.38. The lowest BCUT2D eigenvalue weighted by molar-refractivity contribution is 0.231. The van der Waals surface area contributed by atoms with Crippen molar-refractivity contribution >= 4 is 27.3 Å². The predicted molar refractivity (Wildman–Crippen MR) is 81.9 cm³/mol. The van der Waals surface area contributed by atoms with Crippen LogP contribution in [0.1, 0.15) is 45.4 Å². The van der Waals surface area contributed by atoms with E-state index >= 15 is 0 Å². The lowest BCUT2D eigenvalue weighted by Gasteiger charge is -2.34. The van der Waals surface area contributed by atoms with Crippen molar-refractivity contribution in [3.63, 3.8) is 0 Å². The van der Waals surface area contributed by atoms with Gasteiger partial charge in [-0.2, -0.15) is 0 Å². The van der Waals surface area contributed by atoms with Crippen LogP contribution in [0.5, 0.6) is 0 Å². The van der Waals surface area contributed by atoms with Crippen molar-refractivity contribution in [2.75, 3.05) is 6.54 Å². The SMILES string of the molecule is CCCNC(Cc1cc(Br)cs1)C(C)(C)CC. The summed E-state index contributed by atoms with van der Waals surface area (Å²) in [4.78, 5) is 1.46. The van der Waals surface area contributed by atoms with Gasteiger partial charge in [0.05, 0.1) is 0 Å². The third kappa shape index (κ3) is 4.72. The van der Waals surface area contributed by atoms with E-state index in [0.29, 0.717) is 11.5 Å². The molecule has 17 heavy (non-hydrogen) atoms. The van der Waals surface area contributed by atoms with Crippen molar-refractivity contribution in [1.82, 2.24) is 5.32 Å². The van der Waals surface area contributed by atoms with Gasteiger partial charge in [0.1, 0.15) is 0 Å². The second kappa shape index (κ2) is 6.91. The zero-order valence-corrected chi connectivity index (χ0v) is 13.7. The van der Waals surface area contributed by atoms with Gasteiger partial charge in [0.25, 0.3) is 0 Å². The molecule has 1 aromatic heterocycles. The maximum Gasteiger partial charge on any atom is 0.0285 e. The van der Waals surface area contributed by atoms with Gasteiger partial charge in [0.2, 0.25) is 0 Å². The first-order valence-corrected chi connectivity index (χ1v) is 8.13. The van der Waals surface area contributed by atoms with Gasteiger partial charge in [0.15, 0.2) is 0 Å². The third-order valence-electron chi connectivity index (χ3n) is 3.52. The van der Waals surface area contributed by atoms with Crippen molar-refractivity contribution in [3.05, 3.63) is 20.8 Å². The second-order valence-electron chi connectivity index (χ2n) is 5.28. The maximum absolute atomic E-state index is 3.71. The molecule has 0 saturated heterocycles. The third-order valence-corrected chi connectivity index (χ3v) is 5.24. The number of thiophene rings is 1. The van der Waals surface area contributed by atoms with Crippen molar-refractivity contribution in [2.45, 2.75) is 53.0 Å². The van der Waals surface area contributed by atoms with Gasteiger partial charge in [-0.3, -0.25) is 0 Å². The van der Waals surface area contributed by atoms with Crippen LogP contribution in [0.3, 0.4) is 0 Å². The minimum absolute atomic E-state index is 0.353. The predicted octanol–water partition coefficient (Wildman–Crippen LogP) is 4.86. The Kier molecular flexibility index (Phi) is 6.18. The molecular weight excluding hydrogens is 294 g/mol. The Morgan fingerprint density at radius 2 is 2.12 bits per heavy atom. The summed E-state index contributed by atoms with van der Waals surface area (Å²) in [5.41, 5.74) is 0.353. The highest BCUT2D eigenvalue weighted by molar-refractivity contribution is 9.10. The molecule has 1 nitrogen and oxygen atoms in total. The quantitative estimate of drug-likeness (QED) is 0.757. The molecule has 1 heterocycles. The molecule has 0 aliphatic carbocycles. The van der Waals surface area contributed by atoms with Crippen LogP contribution >= 0.6 is 27.3 Å². The van der Waals surface area contributed by atoms with E-state index in [1.165, 1.54) is 22.2 Å². The normalized spacial score (nSPS) is 13.9. The van der Waals surface area contributed by atoms with Gasteiger partial charge >= 0.3 is 0 Å². The minimum Gasteiger partial charge on any atom is -0.313 e. The Labute approximate surface area is 118 Å². The van der Waals surface area contributed by atoms with E-state index in [4.69, 9.17) is 0 Å². The highest BCUT2D eigenvalue weighted by Gasteiger charge is 2.27. The van der Waals surface area contributed by atoms with Crippen molar-refractivity contribution in [2.24, 2.45) is 5.41 Å². The fraction of sp³-hybridized carbons (Fsp3) is 0.714. The number of rotatable bonds is 7. The fourth-order valence-electron chi connectivity index (χ4n) is 1.85. The Hall–Kier alpha value is 0.140. The smallest absolute Gasteiger partial charge is 0.0285 e. The van der Waals surface area contributed by atoms with Gasteiger partial charge < -0.3 is 5.32 Å². The summed E-state index contributed by atoms with van der Waals surface area (Å²) in [5.74, 6) is 0. The highest BCUT2D eigenvalue weighted by Crippen LogP contribution is 2.30. The summed E-state index contributed by atoms with van der Waals surface area (Å²) in [6, 6.07) is 2.81. The van der Waals surface area contributed by atoms with Crippen LogP contribution in [0.25, 0.3) is 0 Å². The maximum atomic E-state index is 3.71. The molecule has 1 rings (SSSR count). The monoisotopic (exact) mass is 317 g/mol. The Bertz CT molecular complexity index is 333. The van der Waals surface area contributed by atoms with Crippen LogP contribution < -0.4 is 5.32 Å². The number of hydrogen-bond donors (Lipinski definition) is 1. The largest absolute Gasteiger partial charge is 0.313 e. The molecule has 0 aliphatic rings. The number of halogens is 1. The first-order chi connectivity index (χ1) is 7.99. The molecule has 0 fully saturated rings. The standard InChI is InChI=1S/C14H24BrNS/c1-5-7-16-13(14(3,4)6-2)9-12-8-11(15)10-17-12/h8,10,13,16H,5-7,9H2,1-4H3. The van der Waals surface area contributed by atoms with Crippen LogP contribution in [0.4, 0.5) is 0 Å². The molecule has 0 saturated carbocycles. The zero-order valence-electron chi connectivity index (χ0n) is 11.3. The summed E-state index contributed by atoms with van der Waals surface area (Å²) in [5, 5.41) is 5.88. The minimum atomic E-state index is 0.353. The van der Waals surface area contributed by atoms with E-state index in [1.807, 2.05) is 11.3 Å². The Morgan fingerprint density at radius 1 is 1.41 bits per heavy atom. The highest BCUT2D eigenvalue weighted by atomic mass is 79.9. The van der Waals surface area contributed by atoms with Crippen LogP contribution in [0, 0.1) is 5.41 Å². The van der Waals surface area contributed by atoms with Crippen LogP contribution in [0.2, 0.25) is 0 Å². The molecule has 1 aromatic rings. The van der Waals surface area contributed by atoms with Crippen molar-refractivity contribution < 1.29 is 0 Å². The van der Waals surface area contributed by atoms with E-state index in [-0.39, 0.29) is 0 Å². The average molecular weight is 318 g/mol. The van der Waals surface area contributed by atoms with Crippen LogP contribution in [-0.4, -0.2) is 12.6 Å². The topological polar surface area (TPSA) is 12.0 Å². The Balaban J connectivity index is 2.69. The van der Waals surface area contributed by atoms with Crippen LogP contribution in [0.15, 0.2) is 15.9 Å². The van der Waals surface area contributed by atoms with Gasteiger partial charge in [-0.1, -0.05) is 27.7 Å². The van der Waals surface area contributed by atoms with Gasteiger partial charge in [-0.25, -0.2) is 0 Å². The van der Waals surface area contributed by atoms with E-state index in [9.17, 15) is 0 Å². The summed E-state index contributed by atoms with van der Waals surface area (Å²) in [7, 11) is 0. The van der Waals surface area contributed by atoms with E-state index in [2.05, 4.69) is 60.4 Å². The molecular formula is C14H24BrNS. The molecule has 0 radical (unpaired) electrons. The lowest BCUT2D eigenvalue weighted by Crippen LogP contribution is -2.43. The molecule has 3 heteroatoms. The number of nitrogens with one attached hydrogen (secondary N) is 1. The molecule has 1 atom stereocenters. The van der Waals surface area contributed by atoms with Gasteiger partial charge in [0, 0.05) is 20.8 Å². The number of hydrogen-bond acceptors (Lipinski definition) is 2. The first kappa shape index (κ1) is 15.2. The summed E-state index contributed by atoms with van der Waals surface area (Å²) < 4.78 is 1.21. The van der Waals surface area contributed by atoms with E-state index in [0.717, 1.165) is 13.0 Å². The van der Waals surface area contributed by atoms with E-state index in [1.54, 1.807) is 0 Å². The molecule has 0 aromatic carbocycles. The van der Waals surface area contributed by atoms with Crippen molar-refractivity contribution in [3.8, 4) is 0 Å². The average Bonchev–Trinajstić information content (AvgIpc) is 2.70.